The minimum atomic E-state index is 0.973. The molecule has 3 aromatic heterocycles. The van der Waals surface area contributed by atoms with Crippen LogP contribution in [-0.4, -0.2) is 0 Å². The second-order valence-electron chi connectivity index (χ2n) is 4.03. The summed E-state index contributed by atoms with van der Waals surface area (Å²) in [5.74, 6) is 1.95. The van der Waals surface area contributed by atoms with Gasteiger partial charge in [-0.1, -0.05) is 0 Å². The van der Waals surface area contributed by atoms with Crippen LogP contribution < -0.4 is 0 Å². The summed E-state index contributed by atoms with van der Waals surface area (Å²) in [5, 5.41) is 4.20. The zero-order valence-electron chi connectivity index (χ0n) is 9.69. The van der Waals surface area contributed by atoms with Crippen LogP contribution in [0.1, 0.15) is 11.1 Å². The monoisotopic (exact) mass is 260 g/mol. The van der Waals surface area contributed by atoms with Crippen molar-refractivity contribution in [2.75, 3.05) is 0 Å². The molecule has 0 bridgehead atoms. The van der Waals surface area contributed by atoms with Crippen molar-refractivity contribution in [2.24, 2.45) is 0 Å². The molecule has 0 aliphatic rings. The molecule has 0 aromatic carbocycles. The topological polar surface area (TPSA) is 13.1 Å². The zero-order valence-corrected chi connectivity index (χ0v) is 11.3. The van der Waals surface area contributed by atoms with Crippen molar-refractivity contribution < 1.29 is 4.42 Å². The molecule has 0 unspecified atom stereocenters. The highest BCUT2D eigenvalue weighted by Crippen LogP contribution is 2.36. The predicted molar refractivity (Wildman–Crippen MR) is 74.8 cm³/mol. The molecular formula is C14H12OS2. The van der Waals surface area contributed by atoms with Gasteiger partial charge in [0.05, 0.1) is 9.75 Å². The third-order valence-electron chi connectivity index (χ3n) is 2.78. The van der Waals surface area contributed by atoms with Gasteiger partial charge in [-0.25, -0.2) is 0 Å². The third kappa shape index (κ3) is 1.85. The van der Waals surface area contributed by atoms with E-state index in [-0.39, 0.29) is 0 Å². The molecule has 0 N–H and O–H groups in total. The van der Waals surface area contributed by atoms with E-state index in [0.29, 0.717) is 0 Å². The van der Waals surface area contributed by atoms with E-state index in [1.54, 1.807) is 22.7 Å². The summed E-state index contributed by atoms with van der Waals surface area (Å²) >= 11 is 3.45. The van der Waals surface area contributed by atoms with Crippen LogP contribution in [-0.2, 0) is 0 Å². The minimum absolute atomic E-state index is 0.973. The first kappa shape index (κ1) is 10.8. The van der Waals surface area contributed by atoms with Crippen LogP contribution in [0.25, 0.3) is 21.3 Å². The van der Waals surface area contributed by atoms with Crippen LogP contribution in [0.15, 0.2) is 39.4 Å². The summed E-state index contributed by atoms with van der Waals surface area (Å²) in [6.45, 7) is 4.23. The molecule has 1 nitrogen and oxygen atoms in total. The van der Waals surface area contributed by atoms with Crippen molar-refractivity contribution in [3.63, 3.8) is 0 Å². The summed E-state index contributed by atoms with van der Waals surface area (Å²) in [4.78, 5) is 2.45. The Morgan fingerprint density at radius 2 is 1.24 bits per heavy atom. The fraction of sp³-hybridized carbons (Fsp3) is 0.143. The Morgan fingerprint density at radius 1 is 0.765 bits per heavy atom. The Bertz CT molecular complexity index is 588. The average molecular weight is 260 g/mol. The molecule has 0 atom stereocenters. The minimum Gasteiger partial charge on any atom is -0.454 e. The Labute approximate surface area is 108 Å². The standard InChI is InChI=1S/C14H12OS2/c1-9-5-7-16-13(9)11-3-4-12(15-11)14-10(2)6-8-17-14/h3-8H,1-2H3. The predicted octanol–water partition coefficient (Wildman–Crippen LogP) is 5.35. The maximum atomic E-state index is 5.95. The average Bonchev–Trinajstić information content (AvgIpc) is 2.97. The SMILES string of the molecule is Cc1ccsc1-c1ccc(-c2sccc2C)o1. The van der Waals surface area contributed by atoms with Crippen LogP contribution in [0.2, 0.25) is 0 Å². The molecule has 0 fully saturated rings. The molecule has 0 radical (unpaired) electrons. The van der Waals surface area contributed by atoms with Crippen LogP contribution in [0.3, 0.4) is 0 Å². The normalized spacial score (nSPS) is 10.9. The van der Waals surface area contributed by atoms with Crippen LogP contribution in [0.5, 0.6) is 0 Å². The maximum Gasteiger partial charge on any atom is 0.145 e. The molecule has 3 heteroatoms. The molecule has 17 heavy (non-hydrogen) atoms. The zero-order chi connectivity index (χ0) is 11.8. The van der Waals surface area contributed by atoms with Crippen molar-refractivity contribution in [2.45, 2.75) is 13.8 Å². The summed E-state index contributed by atoms with van der Waals surface area (Å²) in [6.07, 6.45) is 0. The summed E-state index contributed by atoms with van der Waals surface area (Å²) in [5.41, 5.74) is 2.55. The van der Waals surface area contributed by atoms with E-state index in [1.807, 2.05) is 0 Å². The number of hydrogen-bond donors (Lipinski definition) is 0. The molecule has 3 rings (SSSR count). The molecule has 0 aliphatic carbocycles. The molecule has 3 aromatic rings. The third-order valence-corrected chi connectivity index (χ3v) is 4.84. The van der Waals surface area contributed by atoms with E-state index in [1.165, 1.54) is 20.9 Å². The van der Waals surface area contributed by atoms with Crippen LogP contribution in [0.4, 0.5) is 0 Å². The van der Waals surface area contributed by atoms with Gasteiger partial charge in [-0.3, -0.25) is 0 Å². The summed E-state index contributed by atoms with van der Waals surface area (Å²) in [7, 11) is 0. The summed E-state index contributed by atoms with van der Waals surface area (Å²) < 4.78 is 5.95. The van der Waals surface area contributed by atoms with Gasteiger partial charge in [0.1, 0.15) is 11.5 Å². The largest absolute Gasteiger partial charge is 0.454 e. The van der Waals surface area contributed by atoms with Gasteiger partial charge in [0.15, 0.2) is 0 Å². The fourth-order valence-corrected chi connectivity index (χ4v) is 3.61. The second kappa shape index (κ2) is 4.17. The first-order valence-electron chi connectivity index (χ1n) is 5.44. The lowest BCUT2D eigenvalue weighted by Gasteiger charge is -1.96. The first-order valence-corrected chi connectivity index (χ1v) is 7.20. The van der Waals surface area contributed by atoms with Gasteiger partial charge in [0, 0.05) is 0 Å². The van der Waals surface area contributed by atoms with Crippen molar-refractivity contribution in [3.05, 3.63) is 46.2 Å². The maximum absolute atomic E-state index is 5.95. The van der Waals surface area contributed by atoms with Gasteiger partial charge in [0.25, 0.3) is 0 Å². The highest BCUT2D eigenvalue weighted by atomic mass is 32.1. The van der Waals surface area contributed by atoms with Gasteiger partial charge in [0.2, 0.25) is 0 Å². The first-order chi connectivity index (χ1) is 8.25. The van der Waals surface area contributed by atoms with Gasteiger partial charge in [-0.05, 0) is 60.0 Å². The number of rotatable bonds is 2. The van der Waals surface area contributed by atoms with Gasteiger partial charge < -0.3 is 4.42 Å². The lowest BCUT2D eigenvalue weighted by molar-refractivity contribution is 0.599. The second-order valence-corrected chi connectivity index (χ2v) is 5.86. The molecule has 86 valence electrons. The molecule has 0 spiro atoms. The molecule has 0 aliphatic heterocycles. The molecule has 0 saturated carbocycles. The fourth-order valence-electron chi connectivity index (χ4n) is 1.83. The number of hydrogen-bond acceptors (Lipinski definition) is 3. The quantitative estimate of drug-likeness (QED) is 0.605. The highest BCUT2D eigenvalue weighted by molar-refractivity contribution is 7.14. The van der Waals surface area contributed by atoms with Crippen molar-refractivity contribution in [1.82, 2.24) is 0 Å². The number of aryl methyl sites for hydroxylation is 2. The van der Waals surface area contributed by atoms with E-state index in [0.717, 1.165) is 11.5 Å². The number of furan rings is 1. The Hall–Kier alpha value is -1.32. The van der Waals surface area contributed by atoms with E-state index in [9.17, 15) is 0 Å². The molecule has 0 saturated heterocycles. The number of thiophene rings is 2. The Balaban J connectivity index is 2.05. The highest BCUT2D eigenvalue weighted by Gasteiger charge is 2.11. The molecule has 3 heterocycles. The van der Waals surface area contributed by atoms with Crippen LogP contribution in [0, 0.1) is 13.8 Å². The van der Waals surface area contributed by atoms with Gasteiger partial charge in [-0.15, -0.1) is 22.7 Å². The van der Waals surface area contributed by atoms with Crippen LogP contribution >= 0.6 is 22.7 Å². The van der Waals surface area contributed by atoms with E-state index in [2.05, 4.69) is 48.9 Å². The van der Waals surface area contributed by atoms with Crippen molar-refractivity contribution in [1.29, 1.82) is 0 Å². The molecular weight excluding hydrogens is 248 g/mol. The smallest absolute Gasteiger partial charge is 0.145 e. The van der Waals surface area contributed by atoms with Gasteiger partial charge >= 0.3 is 0 Å². The van der Waals surface area contributed by atoms with E-state index < -0.39 is 0 Å². The van der Waals surface area contributed by atoms with Crippen molar-refractivity contribution >= 4 is 22.7 Å². The Kier molecular flexibility index (Phi) is 2.65. The van der Waals surface area contributed by atoms with E-state index in [4.69, 9.17) is 4.42 Å². The Morgan fingerprint density at radius 3 is 1.59 bits per heavy atom. The lowest BCUT2D eigenvalue weighted by atomic mass is 10.2. The molecule has 0 amide bonds. The van der Waals surface area contributed by atoms with E-state index >= 15 is 0 Å². The summed E-state index contributed by atoms with van der Waals surface area (Å²) in [6, 6.07) is 8.37. The van der Waals surface area contributed by atoms with Crippen molar-refractivity contribution in [3.8, 4) is 21.3 Å². The lowest BCUT2D eigenvalue weighted by Crippen LogP contribution is -1.71. The van der Waals surface area contributed by atoms with Gasteiger partial charge in [-0.2, -0.15) is 0 Å².